The van der Waals surface area contributed by atoms with Crippen LogP contribution in [0.1, 0.15) is 0 Å². The molecule has 0 saturated heterocycles. The van der Waals surface area contributed by atoms with E-state index >= 15 is 0 Å². The van der Waals surface area contributed by atoms with Gasteiger partial charge in [-0.15, -0.1) is 0 Å². The van der Waals surface area contributed by atoms with Crippen molar-refractivity contribution in [2.75, 3.05) is 11.1 Å². The SMILES string of the molecule is Cn1ccc2c(-c3ccc(F)cc3)nc(Nc3ccncc3N)nc21. The van der Waals surface area contributed by atoms with Gasteiger partial charge >= 0.3 is 0 Å². The number of nitrogens with two attached hydrogens (primary N) is 1. The van der Waals surface area contributed by atoms with Crippen LogP contribution in [0.3, 0.4) is 0 Å². The van der Waals surface area contributed by atoms with Gasteiger partial charge in [-0.05, 0) is 36.4 Å². The van der Waals surface area contributed by atoms with Gasteiger partial charge in [-0.3, -0.25) is 4.98 Å². The summed E-state index contributed by atoms with van der Waals surface area (Å²) in [7, 11) is 1.91. The fourth-order valence-corrected chi connectivity index (χ4v) is 2.66. The maximum absolute atomic E-state index is 13.3. The lowest BCUT2D eigenvalue weighted by atomic mass is 10.1. The first-order valence-electron chi connectivity index (χ1n) is 7.67. The molecule has 0 unspecified atom stereocenters. The summed E-state index contributed by atoms with van der Waals surface area (Å²) in [6.45, 7) is 0. The zero-order valence-electron chi connectivity index (χ0n) is 13.4. The van der Waals surface area contributed by atoms with Crippen molar-refractivity contribution in [3.8, 4) is 11.3 Å². The number of hydrogen-bond acceptors (Lipinski definition) is 5. The first-order valence-corrected chi connectivity index (χ1v) is 7.67. The fourth-order valence-electron chi connectivity index (χ4n) is 2.66. The van der Waals surface area contributed by atoms with E-state index in [4.69, 9.17) is 5.73 Å². The Bertz CT molecular complexity index is 1060. The minimum atomic E-state index is -0.287. The van der Waals surface area contributed by atoms with Crippen LogP contribution in [0.15, 0.2) is 55.0 Å². The predicted octanol–water partition coefficient (Wildman–Crippen LogP) is 3.50. The van der Waals surface area contributed by atoms with Crippen LogP contribution >= 0.6 is 0 Å². The van der Waals surface area contributed by atoms with Crippen molar-refractivity contribution in [3.05, 3.63) is 60.8 Å². The molecule has 3 heterocycles. The molecule has 1 aromatic carbocycles. The van der Waals surface area contributed by atoms with Crippen LogP contribution in [-0.2, 0) is 7.05 Å². The van der Waals surface area contributed by atoms with E-state index in [0.29, 0.717) is 17.3 Å². The molecule has 0 atom stereocenters. The van der Waals surface area contributed by atoms with Crippen LogP contribution in [-0.4, -0.2) is 19.5 Å². The van der Waals surface area contributed by atoms with Crippen molar-refractivity contribution in [1.82, 2.24) is 19.5 Å². The van der Waals surface area contributed by atoms with E-state index in [-0.39, 0.29) is 5.82 Å². The van der Waals surface area contributed by atoms with Crippen molar-refractivity contribution in [1.29, 1.82) is 0 Å². The van der Waals surface area contributed by atoms with E-state index in [0.717, 1.165) is 22.3 Å². The van der Waals surface area contributed by atoms with E-state index in [1.165, 1.54) is 12.1 Å². The average molecular weight is 334 g/mol. The summed E-state index contributed by atoms with van der Waals surface area (Å²) < 4.78 is 15.2. The van der Waals surface area contributed by atoms with Gasteiger partial charge in [-0.2, -0.15) is 4.98 Å². The highest BCUT2D eigenvalue weighted by Crippen LogP contribution is 2.29. The number of benzene rings is 1. The molecule has 0 spiro atoms. The van der Waals surface area contributed by atoms with Gasteiger partial charge in [-0.1, -0.05) is 0 Å². The Morgan fingerprint density at radius 1 is 1.08 bits per heavy atom. The molecule has 0 fully saturated rings. The van der Waals surface area contributed by atoms with Crippen molar-refractivity contribution >= 4 is 28.4 Å². The number of anilines is 3. The van der Waals surface area contributed by atoms with E-state index in [9.17, 15) is 4.39 Å². The standard InChI is InChI=1S/C18H15FN6/c1-25-9-7-13-16(11-2-4-12(19)5-3-11)23-18(24-17(13)25)22-15-6-8-21-10-14(15)20/h2-10H,20H2,1H3,(H,21,22,23,24). The first-order chi connectivity index (χ1) is 12.1. The van der Waals surface area contributed by atoms with Crippen LogP contribution in [0.4, 0.5) is 21.7 Å². The fraction of sp³-hybridized carbons (Fsp3) is 0.0556. The molecule has 0 saturated carbocycles. The summed E-state index contributed by atoms with van der Waals surface area (Å²) in [5, 5.41) is 4.02. The second-order valence-corrected chi connectivity index (χ2v) is 5.65. The number of nitrogens with zero attached hydrogens (tertiary/aromatic N) is 4. The van der Waals surface area contributed by atoms with Gasteiger partial charge in [0.15, 0.2) is 0 Å². The number of pyridine rings is 1. The van der Waals surface area contributed by atoms with Crippen LogP contribution in [0.5, 0.6) is 0 Å². The molecule has 4 rings (SSSR count). The topological polar surface area (TPSA) is 81.7 Å². The van der Waals surface area contributed by atoms with Gasteiger partial charge in [0, 0.05) is 30.4 Å². The number of nitrogens with one attached hydrogen (secondary N) is 1. The van der Waals surface area contributed by atoms with Gasteiger partial charge in [0.2, 0.25) is 5.95 Å². The third-order valence-corrected chi connectivity index (χ3v) is 3.94. The number of nitrogen functional groups attached to an aromatic ring is 1. The zero-order valence-corrected chi connectivity index (χ0v) is 13.4. The Balaban J connectivity index is 1.87. The Morgan fingerprint density at radius 2 is 1.88 bits per heavy atom. The summed E-state index contributed by atoms with van der Waals surface area (Å²) in [6, 6.07) is 9.94. The molecule has 0 bridgehead atoms. The smallest absolute Gasteiger partial charge is 0.229 e. The summed E-state index contributed by atoms with van der Waals surface area (Å²) in [6.07, 6.45) is 5.11. The quantitative estimate of drug-likeness (QED) is 0.599. The Morgan fingerprint density at radius 3 is 2.64 bits per heavy atom. The summed E-state index contributed by atoms with van der Waals surface area (Å²) in [4.78, 5) is 13.2. The number of aromatic nitrogens is 4. The Labute approximate surface area is 143 Å². The minimum absolute atomic E-state index is 0.287. The van der Waals surface area contributed by atoms with Gasteiger partial charge in [0.25, 0.3) is 0 Å². The molecule has 3 aromatic heterocycles. The molecule has 0 amide bonds. The van der Waals surface area contributed by atoms with Crippen LogP contribution in [0.25, 0.3) is 22.3 Å². The highest BCUT2D eigenvalue weighted by atomic mass is 19.1. The van der Waals surface area contributed by atoms with Crippen LogP contribution in [0, 0.1) is 5.82 Å². The number of halogens is 1. The third kappa shape index (κ3) is 2.76. The van der Waals surface area contributed by atoms with Crippen LogP contribution < -0.4 is 11.1 Å². The summed E-state index contributed by atoms with van der Waals surface area (Å²) in [5.74, 6) is 0.122. The van der Waals surface area contributed by atoms with E-state index < -0.39 is 0 Å². The molecule has 124 valence electrons. The largest absolute Gasteiger partial charge is 0.396 e. The van der Waals surface area contributed by atoms with Crippen molar-refractivity contribution in [2.45, 2.75) is 0 Å². The molecule has 3 N–H and O–H groups in total. The zero-order chi connectivity index (χ0) is 17.4. The van der Waals surface area contributed by atoms with E-state index in [1.807, 2.05) is 23.9 Å². The van der Waals surface area contributed by atoms with Crippen molar-refractivity contribution in [2.24, 2.45) is 7.05 Å². The lowest BCUT2D eigenvalue weighted by molar-refractivity contribution is 0.628. The van der Waals surface area contributed by atoms with Crippen molar-refractivity contribution in [3.63, 3.8) is 0 Å². The number of aryl methyl sites for hydroxylation is 1. The maximum Gasteiger partial charge on any atom is 0.229 e. The number of rotatable bonds is 3. The molecule has 0 aliphatic carbocycles. The molecule has 25 heavy (non-hydrogen) atoms. The van der Waals surface area contributed by atoms with Crippen LogP contribution in [0.2, 0.25) is 0 Å². The molecule has 0 radical (unpaired) electrons. The van der Waals surface area contributed by atoms with Gasteiger partial charge in [-0.25, -0.2) is 9.37 Å². The predicted molar refractivity (Wildman–Crippen MR) is 95.8 cm³/mol. The molecule has 4 aromatic rings. The molecule has 7 heteroatoms. The van der Waals surface area contributed by atoms with E-state index in [1.54, 1.807) is 30.6 Å². The number of hydrogen-bond donors (Lipinski definition) is 2. The van der Waals surface area contributed by atoms with E-state index in [2.05, 4.69) is 20.3 Å². The highest BCUT2D eigenvalue weighted by Gasteiger charge is 2.13. The van der Waals surface area contributed by atoms with Gasteiger partial charge in [0.05, 0.1) is 23.3 Å². The molecular formula is C18H15FN6. The number of fused-ring (bicyclic) bond motifs is 1. The first kappa shape index (κ1) is 15.1. The van der Waals surface area contributed by atoms with Gasteiger partial charge in [0.1, 0.15) is 11.5 Å². The molecular weight excluding hydrogens is 319 g/mol. The normalized spacial score (nSPS) is 11.0. The molecule has 6 nitrogen and oxygen atoms in total. The van der Waals surface area contributed by atoms with Crippen molar-refractivity contribution < 1.29 is 4.39 Å². The summed E-state index contributed by atoms with van der Waals surface area (Å²) >= 11 is 0. The average Bonchev–Trinajstić information content (AvgIpc) is 2.98. The van der Waals surface area contributed by atoms with Gasteiger partial charge < -0.3 is 15.6 Å². The Hall–Kier alpha value is -3.48. The second kappa shape index (κ2) is 5.86. The maximum atomic E-state index is 13.3. The monoisotopic (exact) mass is 334 g/mol. The third-order valence-electron chi connectivity index (χ3n) is 3.94. The second-order valence-electron chi connectivity index (χ2n) is 5.65. The summed E-state index contributed by atoms with van der Waals surface area (Å²) in [5.41, 5.74) is 9.41. The lowest BCUT2D eigenvalue weighted by Crippen LogP contribution is -2.03. The Kier molecular flexibility index (Phi) is 3.53. The minimum Gasteiger partial charge on any atom is -0.396 e. The molecule has 0 aliphatic rings. The molecule has 0 aliphatic heterocycles. The lowest BCUT2D eigenvalue weighted by Gasteiger charge is -2.10. The highest BCUT2D eigenvalue weighted by molar-refractivity contribution is 5.92.